The molecule has 2 heterocycles. The van der Waals surface area contributed by atoms with Crippen molar-refractivity contribution in [2.75, 3.05) is 43.4 Å². The summed E-state index contributed by atoms with van der Waals surface area (Å²) in [5, 5.41) is 18.8. The predicted molar refractivity (Wildman–Crippen MR) is 300 cm³/mol. The Labute approximate surface area is 456 Å². The summed E-state index contributed by atoms with van der Waals surface area (Å²) in [6.07, 6.45) is 8.52. The maximum atomic E-state index is 12.4. The fourth-order valence-corrected chi connectivity index (χ4v) is 8.33. The van der Waals surface area contributed by atoms with Crippen LogP contribution in [-0.2, 0) is 14.3 Å². The smallest absolute Gasteiger partial charge is 0.323 e. The Hall–Kier alpha value is -9.46. The van der Waals surface area contributed by atoms with Gasteiger partial charge in [-0.1, -0.05) is 36.4 Å². The van der Waals surface area contributed by atoms with Gasteiger partial charge in [0.25, 0.3) is 5.91 Å². The average molecular weight is 1070 g/mol. The summed E-state index contributed by atoms with van der Waals surface area (Å²) in [6.45, 7) is 0.463. The van der Waals surface area contributed by atoms with E-state index in [2.05, 4.69) is 25.9 Å². The Morgan fingerprint density at radius 1 is 0.570 bits per heavy atom. The molecule has 1 aliphatic carbocycles. The highest BCUT2D eigenvalue weighted by Gasteiger charge is 2.23. The van der Waals surface area contributed by atoms with Crippen molar-refractivity contribution in [3.63, 3.8) is 0 Å². The lowest BCUT2D eigenvalue weighted by Crippen LogP contribution is -2.34. The zero-order chi connectivity index (χ0) is 55.5. The minimum atomic E-state index is -1.09. The van der Waals surface area contributed by atoms with Crippen molar-refractivity contribution in [3.05, 3.63) is 164 Å². The Balaban J connectivity index is 0.000000210. The molecule has 0 unspecified atom stereocenters. The number of amides is 3. The molecule has 0 bridgehead atoms. The number of carboxylic acids is 1. The van der Waals surface area contributed by atoms with Crippen molar-refractivity contribution in [2.24, 2.45) is 11.5 Å². The lowest BCUT2D eigenvalue weighted by Gasteiger charge is -2.16. The number of nitrogens with two attached hydrogens (primary N) is 2. The number of carbonyl (C=O) groups is 4. The zero-order valence-electron chi connectivity index (χ0n) is 43.6. The van der Waals surface area contributed by atoms with E-state index in [0.717, 1.165) is 31.1 Å². The van der Waals surface area contributed by atoms with E-state index in [1.54, 1.807) is 123 Å². The molecule has 19 heteroatoms. The number of ether oxygens (including phenoxy) is 7. The van der Waals surface area contributed by atoms with Gasteiger partial charge in [-0.05, 0) is 136 Å². The summed E-state index contributed by atoms with van der Waals surface area (Å²) in [5.74, 6) is 2.62. The van der Waals surface area contributed by atoms with E-state index in [0.29, 0.717) is 104 Å². The van der Waals surface area contributed by atoms with Crippen molar-refractivity contribution in [3.8, 4) is 46.0 Å². The lowest BCUT2D eigenvalue weighted by molar-refractivity contribution is -0.150. The number of carbonyl (C=O) groups excluding carboxylic acids is 3. The Bertz CT molecular complexity index is 3330. The van der Waals surface area contributed by atoms with Crippen LogP contribution in [-0.4, -0.2) is 84.6 Å². The molecule has 0 aliphatic heterocycles. The van der Waals surface area contributed by atoms with Crippen LogP contribution in [0.3, 0.4) is 0 Å². The Morgan fingerprint density at radius 2 is 1.06 bits per heavy atom. The quantitative estimate of drug-likeness (QED) is 0.0272. The first-order valence-electron chi connectivity index (χ1n) is 25.6. The number of pyridine rings is 2. The number of aromatic nitrogens is 2. The molecule has 3 amide bonds. The van der Waals surface area contributed by atoms with Crippen molar-refractivity contribution in [1.29, 1.82) is 0 Å². The summed E-state index contributed by atoms with van der Waals surface area (Å²) in [4.78, 5) is 56.6. The molecule has 2 aromatic heterocycles. The molecule has 0 saturated heterocycles. The van der Waals surface area contributed by atoms with Crippen molar-refractivity contribution in [2.45, 2.75) is 63.1 Å². The first kappa shape index (κ1) is 55.8. The molecule has 2 atom stereocenters. The third-order valence-corrected chi connectivity index (χ3v) is 12.5. The van der Waals surface area contributed by atoms with Crippen LogP contribution in [0.25, 0.3) is 21.8 Å². The van der Waals surface area contributed by atoms with Gasteiger partial charge in [0.1, 0.15) is 41.2 Å². The molecule has 0 radical (unpaired) electrons. The average Bonchev–Trinajstić information content (AvgIpc) is 4.05. The maximum absolute atomic E-state index is 12.4. The minimum Gasteiger partial charge on any atom is -0.493 e. The maximum Gasteiger partial charge on any atom is 0.323 e. The van der Waals surface area contributed by atoms with Crippen LogP contribution in [0.15, 0.2) is 158 Å². The zero-order valence-corrected chi connectivity index (χ0v) is 43.6. The van der Waals surface area contributed by atoms with E-state index in [-0.39, 0.29) is 37.0 Å². The molecule has 8 aromatic rings. The van der Waals surface area contributed by atoms with Gasteiger partial charge < -0.3 is 65.7 Å². The SMILES string of the molecule is COc1cc2c(Oc3ccc(NC(=O)Nc4ccccc4)cc3)ccnc2cc1OCC[C@H](N)C(=O)O.COc1cc2c(Oc3ccc(NC(=O)c4ccccc4)cc3)ccnc2cc1OCCC[C@@H](N)C(=O)OC1CCCC1. The number of benzene rings is 6. The molecule has 19 nitrogen and oxygen atoms in total. The summed E-state index contributed by atoms with van der Waals surface area (Å²) in [6, 6.07) is 40.8. The molecule has 408 valence electrons. The summed E-state index contributed by atoms with van der Waals surface area (Å²) in [5.41, 5.74) is 15.4. The normalized spacial score (nSPS) is 12.7. The molecule has 1 aliphatic rings. The van der Waals surface area contributed by atoms with Gasteiger partial charge in [0.15, 0.2) is 23.0 Å². The number of nitrogens with one attached hydrogen (secondary N) is 3. The monoisotopic (exact) mass is 1070 g/mol. The van der Waals surface area contributed by atoms with Gasteiger partial charge in [-0.25, -0.2) is 4.79 Å². The van der Waals surface area contributed by atoms with Crippen LogP contribution >= 0.6 is 0 Å². The second-order valence-corrected chi connectivity index (χ2v) is 18.2. The number of esters is 1. The number of rotatable bonds is 22. The van der Waals surface area contributed by atoms with Crippen LogP contribution in [0.1, 0.15) is 55.3 Å². The Morgan fingerprint density at radius 3 is 1.58 bits per heavy atom. The molecule has 1 fully saturated rings. The van der Waals surface area contributed by atoms with E-state index in [4.69, 9.17) is 49.7 Å². The molecule has 6 aromatic carbocycles. The van der Waals surface area contributed by atoms with E-state index < -0.39 is 18.1 Å². The van der Waals surface area contributed by atoms with Gasteiger partial charge in [0.2, 0.25) is 0 Å². The lowest BCUT2D eigenvalue weighted by atomic mass is 10.1. The largest absolute Gasteiger partial charge is 0.493 e. The van der Waals surface area contributed by atoms with E-state index in [1.165, 1.54) is 7.11 Å². The highest BCUT2D eigenvalue weighted by molar-refractivity contribution is 6.04. The number of hydrogen-bond acceptors (Lipinski definition) is 15. The van der Waals surface area contributed by atoms with Crippen LogP contribution in [0.4, 0.5) is 21.9 Å². The van der Waals surface area contributed by atoms with E-state index in [1.807, 2.05) is 42.5 Å². The number of nitrogens with zero attached hydrogens (tertiary/aromatic N) is 2. The number of anilines is 3. The molecule has 9 rings (SSSR count). The summed E-state index contributed by atoms with van der Waals surface area (Å²) < 4.78 is 40.5. The number of hydrogen-bond donors (Lipinski definition) is 6. The van der Waals surface area contributed by atoms with Gasteiger partial charge in [-0.2, -0.15) is 0 Å². The number of fused-ring (bicyclic) bond motifs is 2. The van der Waals surface area contributed by atoms with Crippen molar-refractivity contribution >= 4 is 62.7 Å². The highest BCUT2D eigenvalue weighted by atomic mass is 16.5. The minimum absolute atomic E-state index is 0.00926. The van der Waals surface area contributed by atoms with Gasteiger partial charge in [-0.3, -0.25) is 24.4 Å². The Kier molecular flexibility index (Phi) is 19.4. The van der Waals surface area contributed by atoms with Crippen LogP contribution in [0.2, 0.25) is 0 Å². The van der Waals surface area contributed by atoms with Gasteiger partial charge >= 0.3 is 18.0 Å². The highest BCUT2D eigenvalue weighted by Crippen LogP contribution is 2.39. The summed E-state index contributed by atoms with van der Waals surface area (Å²) in [7, 11) is 3.08. The number of methoxy groups -OCH3 is 2. The number of para-hydroxylation sites is 1. The second kappa shape index (κ2) is 27.5. The number of urea groups is 1. The van der Waals surface area contributed by atoms with Gasteiger partial charge in [0.05, 0.1) is 38.5 Å². The summed E-state index contributed by atoms with van der Waals surface area (Å²) >= 11 is 0. The van der Waals surface area contributed by atoms with Crippen LogP contribution in [0.5, 0.6) is 46.0 Å². The molecule has 1 saturated carbocycles. The standard InChI is InChI=1S/C33H35N3O6.C27H26N4O6/c1-39-30-20-26-28(21-31(30)40-19-7-12-27(34)33(38)42-24-10-5-6-11-24)35-18-17-29(26)41-25-15-13-23(14-16-25)36-32(37)22-8-3-2-4-9-22;1-35-24-15-20-22(16-25(24)36-14-12-21(28)26(32)33)29-13-11-23(20)37-19-9-7-18(8-10-19)31-27(34)30-17-5-3-2-4-6-17/h2-4,8-9,13-18,20-21,24,27H,5-7,10-12,19,34H2,1H3,(H,36,37);2-11,13,15-16,21H,12,14,28H2,1H3,(H,32,33)(H2,30,31,34)/t27-;21-/m10/s1. The number of carboxylic acid groups (broad SMARTS) is 1. The van der Waals surface area contributed by atoms with Crippen LogP contribution in [0, 0.1) is 0 Å². The van der Waals surface area contributed by atoms with Gasteiger partial charge in [-0.15, -0.1) is 0 Å². The second-order valence-electron chi connectivity index (χ2n) is 18.2. The van der Waals surface area contributed by atoms with E-state index >= 15 is 0 Å². The predicted octanol–water partition coefficient (Wildman–Crippen LogP) is 11.1. The molecule has 79 heavy (non-hydrogen) atoms. The third-order valence-electron chi connectivity index (χ3n) is 12.5. The topological polar surface area (TPSA) is 267 Å². The van der Waals surface area contributed by atoms with Crippen molar-refractivity contribution < 1.29 is 57.4 Å². The molecular weight excluding hydrogens is 1010 g/mol. The van der Waals surface area contributed by atoms with Crippen molar-refractivity contribution in [1.82, 2.24) is 9.97 Å². The fraction of sp³-hybridized carbons (Fsp3) is 0.233. The fourth-order valence-electron chi connectivity index (χ4n) is 8.33. The molecule has 8 N–H and O–H groups in total. The molecule has 0 spiro atoms. The van der Waals surface area contributed by atoms with E-state index in [9.17, 15) is 19.2 Å². The molecular formula is C60H61N7O12. The first-order chi connectivity index (χ1) is 38.4. The number of aliphatic carboxylic acids is 1. The first-order valence-corrected chi connectivity index (χ1v) is 25.6. The van der Waals surface area contributed by atoms with Crippen LogP contribution < -0.4 is 55.8 Å². The van der Waals surface area contributed by atoms with Gasteiger partial charge in [0, 0.05) is 64.3 Å². The third kappa shape index (κ3) is 15.8.